The molecule has 0 atom stereocenters. The van der Waals surface area contributed by atoms with Crippen LogP contribution in [-0.4, -0.2) is 28.6 Å². The highest BCUT2D eigenvalue weighted by Crippen LogP contribution is 2.46. The molecule has 3 rings (SSSR count). The first-order valence-electron chi connectivity index (χ1n) is 9.35. The van der Waals surface area contributed by atoms with Gasteiger partial charge in [0.05, 0.1) is 0 Å². The van der Waals surface area contributed by atoms with Gasteiger partial charge in [0.1, 0.15) is 5.69 Å². The number of alkyl halides is 3. The number of thiazole rings is 2. The lowest BCUT2D eigenvalue weighted by Gasteiger charge is -2.11. The topological polar surface area (TPSA) is 54.9 Å². The molecule has 152 valence electrons. The molecular weight excluding hydrogens is 407 g/mol. The SMILES string of the molecule is CC/C=C(\CCCCNC(=O)c1nc(-c2nccs2)sc1C1CC1)C(F)(F)F. The van der Waals surface area contributed by atoms with Gasteiger partial charge in [-0.3, -0.25) is 4.79 Å². The zero-order valence-corrected chi connectivity index (χ0v) is 17.1. The molecule has 0 aliphatic heterocycles. The summed E-state index contributed by atoms with van der Waals surface area (Å²) in [5, 5.41) is 6.23. The van der Waals surface area contributed by atoms with Gasteiger partial charge in [-0.05, 0) is 44.4 Å². The van der Waals surface area contributed by atoms with Crippen LogP contribution >= 0.6 is 22.7 Å². The maximum atomic E-state index is 12.9. The Labute approximate surface area is 169 Å². The highest BCUT2D eigenvalue weighted by atomic mass is 32.1. The van der Waals surface area contributed by atoms with Crippen LogP contribution in [0, 0.1) is 0 Å². The molecule has 28 heavy (non-hydrogen) atoms. The lowest BCUT2D eigenvalue weighted by Crippen LogP contribution is -2.25. The Balaban J connectivity index is 1.53. The zero-order chi connectivity index (χ0) is 20.1. The Morgan fingerprint density at radius 1 is 1.32 bits per heavy atom. The molecule has 0 radical (unpaired) electrons. The van der Waals surface area contributed by atoms with Gasteiger partial charge in [0.25, 0.3) is 5.91 Å². The number of carbonyl (C=O) groups is 1. The van der Waals surface area contributed by atoms with E-state index in [1.165, 1.54) is 28.7 Å². The van der Waals surface area contributed by atoms with Crippen LogP contribution in [0.4, 0.5) is 13.2 Å². The van der Waals surface area contributed by atoms with Crippen molar-refractivity contribution < 1.29 is 18.0 Å². The van der Waals surface area contributed by atoms with E-state index < -0.39 is 11.7 Å². The van der Waals surface area contributed by atoms with Gasteiger partial charge in [0.15, 0.2) is 10.0 Å². The third kappa shape index (κ3) is 5.41. The van der Waals surface area contributed by atoms with Crippen LogP contribution in [-0.2, 0) is 0 Å². The summed E-state index contributed by atoms with van der Waals surface area (Å²) < 4.78 is 38.6. The first-order chi connectivity index (χ1) is 13.4. The molecule has 0 spiro atoms. The fourth-order valence-corrected chi connectivity index (χ4v) is 4.78. The van der Waals surface area contributed by atoms with E-state index in [1.54, 1.807) is 13.1 Å². The quantitative estimate of drug-likeness (QED) is 0.396. The van der Waals surface area contributed by atoms with Gasteiger partial charge in [0, 0.05) is 28.6 Å². The molecule has 1 fully saturated rings. The molecule has 1 amide bonds. The Kier molecular flexibility index (Phi) is 6.87. The average Bonchev–Trinajstić information content (AvgIpc) is 3.17. The van der Waals surface area contributed by atoms with E-state index in [0.29, 0.717) is 37.4 Å². The van der Waals surface area contributed by atoms with Gasteiger partial charge >= 0.3 is 6.18 Å². The van der Waals surface area contributed by atoms with E-state index in [1.807, 2.05) is 5.38 Å². The van der Waals surface area contributed by atoms with Crippen molar-refractivity contribution in [2.45, 2.75) is 57.5 Å². The second-order valence-electron chi connectivity index (χ2n) is 6.69. The van der Waals surface area contributed by atoms with Gasteiger partial charge in [0.2, 0.25) is 0 Å². The molecule has 2 aromatic rings. The lowest BCUT2D eigenvalue weighted by molar-refractivity contribution is -0.0944. The van der Waals surface area contributed by atoms with E-state index in [2.05, 4.69) is 15.3 Å². The number of nitrogens with one attached hydrogen (secondary N) is 1. The summed E-state index contributed by atoms with van der Waals surface area (Å²) in [4.78, 5) is 22.3. The highest BCUT2D eigenvalue weighted by Gasteiger charge is 2.33. The standard InChI is InChI=1S/C19H22F3N3OS2/c1-2-5-13(19(20,21)22)6-3-4-9-23-16(26)14-15(12-7-8-12)28-18(25-14)17-24-10-11-27-17/h5,10-12H,2-4,6-9H2,1H3,(H,23,26)/b13-5+. The number of aromatic nitrogens is 2. The van der Waals surface area contributed by atoms with Crippen molar-refractivity contribution in [1.82, 2.24) is 15.3 Å². The molecule has 2 heterocycles. The number of allylic oxidation sites excluding steroid dienone is 2. The molecule has 1 N–H and O–H groups in total. The number of hydrogen-bond donors (Lipinski definition) is 1. The third-order valence-corrected chi connectivity index (χ3v) is 6.54. The van der Waals surface area contributed by atoms with E-state index >= 15 is 0 Å². The largest absolute Gasteiger partial charge is 0.412 e. The Morgan fingerprint density at radius 2 is 2.11 bits per heavy atom. The van der Waals surface area contributed by atoms with Crippen LogP contribution < -0.4 is 5.32 Å². The van der Waals surface area contributed by atoms with Crippen molar-refractivity contribution in [3.8, 4) is 10.0 Å². The van der Waals surface area contributed by atoms with Gasteiger partial charge < -0.3 is 5.32 Å². The number of unbranched alkanes of at least 4 members (excludes halogenated alkanes) is 1. The summed E-state index contributed by atoms with van der Waals surface area (Å²) in [6.45, 7) is 2.03. The second kappa shape index (κ2) is 9.17. The van der Waals surface area contributed by atoms with E-state index in [4.69, 9.17) is 0 Å². The van der Waals surface area contributed by atoms with Crippen LogP contribution in [0.15, 0.2) is 23.2 Å². The lowest BCUT2D eigenvalue weighted by atomic mass is 10.1. The average molecular weight is 430 g/mol. The van der Waals surface area contributed by atoms with Crippen molar-refractivity contribution >= 4 is 28.6 Å². The molecule has 0 aromatic carbocycles. The van der Waals surface area contributed by atoms with E-state index in [-0.39, 0.29) is 12.3 Å². The minimum absolute atomic E-state index is 0.0224. The van der Waals surface area contributed by atoms with Crippen molar-refractivity contribution in [1.29, 1.82) is 0 Å². The van der Waals surface area contributed by atoms with Crippen LogP contribution in [0.25, 0.3) is 10.0 Å². The molecule has 1 aliphatic rings. The molecule has 1 saturated carbocycles. The summed E-state index contributed by atoms with van der Waals surface area (Å²) in [7, 11) is 0. The molecule has 9 heteroatoms. The van der Waals surface area contributed by atoms with Crippen LogP contribution in [0.2, 0.25) is 0 Å². The third-order valence-electron chi connectivity index (χ3n) is 4.40. The number of nitrogens with zero attached hydrogens (tertiary/aromatic N) is 2. The molecule has 2 aromatic heterocycles. The first kappa shape index (κ1) is 21.0. The predicted molar refractivity (Wildman–Crippen MR) is 106 cm³/mol. The van der Waals surface area contributed by atoms with E-state index in [9.17, 15) is 18.0 Å². The number of carbonyl (C=O) groups excluding carboxylic acids is 1. The van der Waals surface area contributed by atoms with Gasteiger partial charge in [-0.1, -0.05) is 13.0 Å². The van der Waals surface area contributed by atoms with Crippen molar-refractivity contribution in [3.05, 3.63) is 33.8 Å². The first-order valence-corrected chi connectivity index (χ1v) is 11.0. The second-order valence-corrected chi connectivity index (χ2v) is 8.62. The normalized spacial score (nSPS) is 15.1. The molecule has 1 aliphatic carbocycles. The number of halogens is 3. The summed E-state index contributed by atoms with van der Waals surface area (Å²) in [6, 6.07) is 0. The monoisotopic (exact) mass is 429 g/mol. The van der Waals surface area contributed by atoms with Gasteiger partial charge in [-0.25, -0.2) is 9.97 Å². The van der Waals surface area contributed by atoms with Crippen molar-refractivity contribution in [2.24, 2.45) is 0 Å². The summed E-state index contributed by atoms with van der Waals surface area (Å²) in [5.74, 6) is 0.140. The Morgan fingerprint density at radius 3 is 2.71 bits per heavy atom. The molecule has 4 nitrogen and oxygen atoms in total. The maximum Gasteiger partial charge on any atom is 0.412 e. The van der Waals surface area contributed by atoms with Crippen molar-refractivity contribution in [2.75, 3.05) is 6.54 Å². The highest BCUT2D eigenvalue weighted by molar-refractivity contribution is 7.20. The smallest absolute Gasteiger partial charge is 0.351 e. The molecule has 0 unspecified atom stereocenters. The summed E-state index contributed by atoms with van der Waals surface area (Å²) in [5.41, 5.74) is -0.0375. The minimum Gasteiger partial charge on any atom is -0.351 e. The fraction of sp³-hybridized carbons (Fsp3) is 0.526. The van der Waals surface area contributed by atoms with Crippen LogP contribution in [0.5, 0.6) is 0 Å². The summed E-state index contributed by atoms with van der Waals surface area (Å²) in [6.07, 6.45) is 1.99. The fourth-order valence-electron chi connectivity index (χ4n) is 2.87. The van der Waals surface area contributed by atoms with Crippen molar-refractivity contribution in [3.63, 3.8) is 0 Å². The summed E-state index contributed by atoms with van der Waals surface area (Å²) >= 11 is 3.00. The number of amides is 1. The number of hydrogen-bond acceptors (Lipinski definition) is 5. The number of rotatable bonds is 9. The molecule has 0 bridgehead atoms. The maximum absolute atomic E-state index is 12.9. The molecule has 0 saturated heterocycles. The minimum atomic E-state index is -4.27. The Bertz CT molecular complexity index is 824. The van der Waals surface area contributed by atoms with Crippen LogP contribution in [0.1, 0.15) is 66.7 Å². The van der Waals surface area contributed by atoms with Gasteiger partial charge in [-0.2, -0.15) is 13.2 Å². The predicted octanol–water partition coefficient (Wildman–Crippen LogP) is 5.94. The van der Waals surface area contributed by atoms with Crippen LogP contribution in [0.3, 0.4) is 0 Å². The van der Waals surface area contributed by atoms with E-state index in [0.717, 1.165) is 27.7 Å². The zero-order valence-electron chi connectivity index (χ0n) is 15.5. The Hall–Kier alpha value is -1.74. The van der Waals surface area contributed by atoms with Gasteiger partial charge in [-0.15, -0.1) is 22.7 Å². The molecular formula is C19H22F3N3OS2.